The number of aliphatic hydroxyl groups excluding tert-OH is 1. The van der Waals surface area contributed by atoms with Crippen molar-refractivity contribution in [3.63, 3.8) is 0 Å². The second-order valence-corrected chi connectivity index (χ2v) is 9.06. The number of aromatic nitrogens is 1. The van der Waals surface area contributed by atoms with Crippen LogP contribution in [0.15, 0.2) is 48.5 Å². The van der Waals surface area contributed by atoms with E-state index in [1.807, 2.05) is 0 Å². The second kappa shape index (κ2) is 11.3. The molecule has 1 heterocycles. The fraction of sp³-hybridized carbons (Fsp3) is 0.333. The van der Waals surface area contributed by atoms with E-state index >= 15 is 0 Å². The van der Waals surface area contributed by atoms with Crippen molar-refractivity contribution in [2.75, 3.05) is 27.4 Å². The summed E-state index contributed by atoms with van der Waals surface area (Å²) in [4.78, 5) is 17.8. The van der Waals surface area contributed by atoms with E-state index in [2.05, 4.69) is 10.3 Å². The number of pyridine rings is 1. The zero-order valence-corrected chi connectivity index (χ0v) is 21.2. The summed E-state index contributed by atoms with van der Waals surface area (Å²) < 4.78 is 29.9. The van der Waals surface area contributed by atoms with Gasteiger partial charge in [0, 0.05) is 11.1 Å². The number of benzene rings is 2. The molecule has 1 aromatic heterocycles. The van der Waals surface area contributed by atoms with Gasteiger partial charge in [-0.3, -0.25) is 4.79 Å². The lowest BCUT2D eigenvalue weighted by molar-refractivity contribution is 0.0120. The van der Waals surface area contributed by atoms with Crippen molar-refractivity contribution in [1.29, 1.82) is 0 Å². The van der Waals surface area contributed by atoms with Crippen LogP contribution >= 0.6 is 11.6 Å². The Bertz CT molecular complexity index is 1290. The minimum Gasteiger partial charge on any atom is -0.494 e. The van der Waals surface area contributed by atoms with Gasteiger partial charge in [-0.15, -0.1) is 0 Å². The summed E-state index contributed by atoms with van der Waals surface area (Å²) in [7, 11) is 2.95. The first-order valence-corrected chi connectivity index (χ1v) is 12.1. The average molecular weight is 531 g/mol. The van der Waals surface area contributed by atoms with Crippen molar-refractivity contribution >= 4 is 17.5 Å². The van der Waals surface area contributed by atoms with Gasteiger partial charge < -0.3 is 29.7 Å². The van der Waals surface area contributed by atoms with Crippen LogP contribution in [0, 0.1) is 5.82 Å². The van der Waals surface area contributed by atoms with Gasteiger partial charge in [0.2, 0.25) is 0 Å². The summed E-state index contributed by atoms with van der Waals surface area (Å²) in [6, 6.07) is 11.7. The number of hydrogen-bond acceptors (Lipinski definition) is 7. The number of rotatable bonds is 9. The zero-order valence-electron chi connectivity index (χ0n) is 20.5. The maximum atomic E-state index is 13.7. The minimum atomic E-state index is -1.44. The van der Waals surface area contributed by atoms with E-state index in [1.165, 1.54) is 38.5 Å². The molecule has 3 aromatic rings. The third-order valence-corrected chi connectivity index (χ3v) is 6.71. The first-order chi connectivity index (χ1) is 17.8. The third kappa shape index (κ3) is 5.49. The molecule has 1 amide bonds. The van der Waals surface area contributed by atoms with E-state index in [1.54, 1.807) is 24.3 Å². The number of aliphatic hydroxyl groups is 2. The SMILES string of the molecule is COc1cc(C(=O)N[C@@H]2CCC[C@]2(O)c2ccc(OC)c(-c3ccc(F)c(Cl)c3)n2)ccc1OCCO. The van der Waals surface area contributed by atoms with Crippen LogP contribution in [0.2, 0.25) is 5.02 Å². The quantitative estimate of drug-likeness (QED) is 0.382. The molecule has 1 saturated carbocycles. The first-order valence-electron chi connectivity index (χ1n) is 11.8. The summed E-state index contributed by atoms with van der Waals surface area (Å²) in [6.07, 6.45) is 1.60. The number of carbonyl (C=O) groups is 1. The lowest BCUT2D eigenvalue weighted by atomic mass is 9.92. The van der Waals surface area contributed by atoms with Gasteiger partial charge >= 0.3 is 0 Å². The second-order valence-electron chi connectivity index (χ2n) is 8.66. The summed E-state index contributed by atoms with van der Waals surface area (Å²) in [5, 5.41) is 23.6. The van der Waals surface area contributed by atoms with Crippen LogP contribution in [0.3, 0.4) is 0 Å². The predicted molar refractivity (Wildman–Crippen MR) is 136 cm³/mol. The van der Waals surface area contributed by atoms with Crippen LogP contribution in [-0.2, 0) is 5.60 Å². The monoisotopic (exact) mass is 530 g/mol. The molecule has 0 radical (unpaired) electrons. The van der Waals surface area contributed by atoms with Crippen molar-refractivity contribution in [1.82, 2.24) is 10.3 Å². The van der Waals surface area contributed by atoms with E-state index in [-0.39, 0.29) is 18.2 Å². The molecule has 2 atom stereocenters. The fourth-order valence-corrected chi connectivity index (χ4v) is 4.70. The first kappa shape index (κ1) is 26.7. The number of halogens is 2. The molecular formula is C27H28ClFN2O6. The summed E-state index contributed by atoms with van der Waals surface area (Å²) in [5.74, 6) is 0.242. The molecule has 1 aliphatic carbocycles. The smallest absolute Gasteiger partial charge is 0.251 e. The zero-order chi connectivity index (χ0) is 26.6. The molecule has 8 nitrogen and oxygen atoms in total. The molecule has 1 fully saturated rings. The largest absolute Gasteiger partial charge is 0.494 e. The lowest BCUT2D eigenvalue weighted by Gasteiger charge is -2.31. The van der Waals surface area contributed by atoms with E-state index in [0.29, 0.717) is 59.0 Å². The van der Waals surface area contributed by atoms with Crippen molar-refractivity contribution in [3.05, 3.63) is 70.6 Å². The Labute approximate surface area is 219 Å². The number of ether oxygens (including phenoxy) is 3. The van der Waals surface area contributed by atoms with Crippen LogP contribution in [-0.4, -0.2) is 54.6 Å². The van der Waals surface area contributed by atoms with Gasteiger partial charge in [-0.05, 0) is 67.8 Å². The Morgan fingerprint density at radius 2 is 1.89 bits per heavy atom. The molecule has 0 bridgehead atoms. The van der Waals surface area contributed by atoms with E-state index < -0.39 is 23.4 Å². The van der Waals surface area contributed by atoms with Crippen LogP contribution in [0.25, 0.3) is 11.3 Å². The average Bonchev–Trinajstić information content (AvgIpc) is 3.29. The lowest BCUT2D eigenvalue weighted by Crippen LogP contribution is -2.47. The number of amides is 1. The molecule has 0 saturated heterocycles. The topological polar surface area (TPSA) is 110 Å². The molecule has 0 aliphatic heterocycles. The van der Waals surface area contributed by atoms with Gasteiger partial charge in [0.05, 0.1) is 37.6 Å². The number of hydrogen-bond donors (Lipinski definition) is 3. The fourth-order valence-electron chi connectivity index (χ4n) is 4.51. The van der Waals surface area contributed by atoms with Crippen molar-refractivity contribution in [2.45, 2.75) is 30.9 Å². The normalized spacial score (nSPS) is 18.9. The molecular weight excluding hydrogens is 503 g/mol. The Hall–Kier alpha value is -3.40. The van der Waals surface area contributed by atoms with Crippen molar-refractivity contribution in [2.24, 2.45) is 0 Å². The van der Waals surface area contributed by atoms with Crippen LogP contribution in [0.1, 0.15) is 35.3 Å². The van der Waals surface area contributed by atoms with Gasteiger partial charge in [-0.2, -0.15) is 0 Å². The van der Waals surface area contributed by atoms with Gasteiger partial charge in [0.1, 0.15) is 29.5 Å². The Balaban J connectivity index is 1.61. The van der Waals surface area contributed by atoms with Gasteiger partial charge in [0.15, 0.2) is 11.5 Å². The molecule has 0 spiro atoms. The molecule has 2 aromatic carbocycles. The van der Waals surface area contributed by atoms with Crippen LogP contribution in [0.4, 0.5) is 4.39 Å². The Morgan fingerprint density at radius 3 is 2.59 bits per heavy atom. The standard InChI is InChI=1S/C27H28ClFN2O6/c1-35-21-9-10-24(30-25(21)16-5-7-19(29)18(28)14-16)27(34)11-3-4-23(27)31-26(33)17-6-8-20(37-13-12-32)22(15-17)36-2/h5-10,14-15,23,32,34H,3-4,11-13H2,1-2H3,(H,31,33)/t23-,27-/m1/s1. The number of nitrogens with zero attached hydrogens (tertiary/aromatic N) is 1. The van der Waals surface area contributed by atoms with E-state index in [9.17, 15) is 14.3 Å². The molecule has 4 rings (SSSR count). The van der Waals surface area contributed by atoms with E-state index in [0.717, 1.165) is 0 Å². The predicted octanol–water partition coefficient (Wildman–Crippen LogP) is 4.10. The van der Waals surface area contributed by atoms with Crippen LogP contribution in [0.5, 0.6) is 17.2 Å². The highest BCUT2D eigenvalue weighted by molar-refractivity contribution is 6.31. The third-order valence-electron chi connectivity index (χ3n) is 6.42. The highest BCUT2D eigenvalue weighted by Gasteiger charge is 2.45. The Morgan fingerprint density at radius 1 is 1.14 bits per heavy atom. The highest BCUT2D eigenvalue weighted by atomic mass is 35.5. The summed E-state index contributed by atoms with van der Waals surface area (Å²) >= 11 is 5.98. The van der Waals surface area contributed by atoms with Crippen molar-refractivity contribution < 1.29 is 33.6 Å². The summed E-state index contributed by atoms with van der Waals surface area (Å²) in [6.45, 7) is -0.0566. The highest BCUT2D eigenvalue weighted by Crippen LogP contribution is 2.41. The maximum Gasteiger partial charge on any atom is 0.251 e. The molecule has 3 N–H and O–H groups in total. The molecule has 37 heavy (non-hydrogen) atoms. The maximum absolute atomic E-state index is 13.7. The van der Waals surface area contributed by atoms with Gasteiger partial charge in [-0.25, -0.2) is 9.37 Å². The van der Waals surface area contributed by atoms with Gasteiger partial charge in [0.25, 0.3) is 5.91 Å². The minimum absolute atomic E-state index is 0.0559. The van der Waals surface area contributed by atoms with Gasteiger partial charge in [-0.1, -0.05) is 11.6 Å². The summed E-state index contributed by atoms with van der Waals surface area (Å²) in [5.41, 5.74) is 0.177. The molecule has 1 aliphatic rings. The molecule has 196 valence electrons. The molecule has 0 unspecified atom stereocenters. The van der Waals surface area contributed by atoms with E-state index in [4.69, 9.17) is 30.9 Å². The number of carbonyl (C=O) groups excluding carboxylic acids is 1. The Kier molecular flexibility index (Phi) is 8.16. The van der Waals surface area contributed by atoms with Crippen LogP contribution < -0.4 is 19.5 Å². The number of nitrogens with one attached hydrogen (secondary N) is 1. The van der Waals surface area contributed by atoms with Crippen molar-refractivity contribution in [3.8, 4) is 28.5 Å². The number of methoxy groups -OCH3 is 2. The molecule has 10 heteroatoms.